The van der Waals surface area contributed by atoms with Crippen LogP contribution in [0, 0.1) is 11.5 Å². The summed E-state index contributed by atoms with van der Waals surface area (Å²) in [5.41, 5.74) is 1.23. The van der Waals surface area contributed by atoms with Gasteiger partial charge >= 0.3 is 0 Å². The quantitative estimate of drug-likeness (QED) is 0.559. The second kappa shape index (κ2) is 2.34. The van der Waals surface area contributed by atoms with Gasteiger partial charge in [0.25, 0.3) is 5.91 Å². The van der Waals surface area contributed by atoms with Crippen LogP contribution in [0.5, 0.6) is 0 Å². The van der Waals surface area contributed by atoms with Gasteiger partial charge in [0, 0.05) is 12.1 Å². The second-order valence-corrected chi connectivity index (χ2v) is 2.54. The van der Waals surface area contributed by atoms with Gasteiger partial charge < -0.3 is 5.32 Å². The number of hydrogen-bond acceptors (Lipinski definition) is 3. The molecule has 0 aromatic carbocycles. The molecule has 60 valence electrons. The van der Waals surface area contributed by atoms with Crippen molar-refractivity contribution in [3.05, 3.63) is 17.5 Å². The van der Waals surface area contributed by atoms with Crippen LogP contribution in [0.1, 0.15) is 16.1 Å². The molecule has 0 bridgehead atoms. The van der Waals surface area contributed by atoms with Crippen LogP contribution in [0.25, 0.3) is 0 Å². The van der Waals surface area contributed by atoms with Crippen molar-refractivity contribution in [2.75, 3.05) is 6.54 Å². The van der Waals surface area contributed by atoms with Gasteiger partial charge in [0.05, 0.1) is 6.20 Å². The van der Waals surface area contributed by atoms with Gasteiger partial charge in [-0.1, -0.05) is 0 Å². The van der Waals surface area contributed by atoms with Crippen LogP contribution in [0.2, 0.25) is 0 Å². The van der Waals surface area contributed by atoms with E-state index < -0.39 is 0 Å². The molecule has 0 radical (unpaired) electrons. The van der Waals surface area contributed by atoms with Gasteiger partial charge in [-0.25, -0.2) is 0 Å². The third-order valence-corrected chi connectivity index (χ3v) is 1.83. The lowest BCUT2D eigenvalue weighted by molar-refractivity contribution is 0.0938. The number of carbonyl (C=O) groups excluding carboxylic acids is 1. The maximum Gasteiger partial charge on any atom is 0.271 e. The monoisotopic (exact) mass is 162 g/mol. The molecule has 0 spiro atoms. The summed E-state index contributed by atoms with van der Waals surface area (Å²) in [5, 5.41) is 15.0. The van der Waals surface area contributed by atoms with Crippen LogP contribution in [-0.2, 0) is 6.42 Å². The molecule has 12 heavy (non-hydrogen) atoms. The molecule has 0 aliphatic carbocycles. The van der Waals surface area contributed by atoms with Crippen LogP contribution in [0.3, 0.4) is 0 Å². The Balaban J connectivity index is 2.59. The van der Waals surface area contributed by atoms with E-state index in [9.17, 15) is 4.79 Å². The number of rotatable bonds is 0. The van der Waals surface area contributed by atoms with Crippen LogP contribution in [0.4, 0.5) is 0 Å². The molecule has 0 saturated heterocycles. The molecule has 0 fully saturated rings. The summed E-state index contributed by atoms with van der Waals surface area (Å²) in [4.78, 5) is 11.2. The van der Waals surface area contributed by atoms with E-state index in [0.29, 0.717) is 12.2 Å². The Bertz CT molecular complexity index is 373. The van der Waals surface area contributed by atoms with E-state index in [-0.39, 0.29) is 5.91 Å². The highest BCUT2D eigenvalue weighted by Gasteiger charge is 2.21. The predicted octanol–water partition coefficient (Wildman–Crippen LogP) is -0.502. The minimum Gasteiger partial charge on any atom is -0.350 e. The number of fused-ring (bicyclic) bond motifs is 1. The van der Waals surface area contributed by atoms with Crippen molar-refractivity contribution in [1.29, 1.82) is 5.26 Å². The van der Waals surface area contributed by atoms with Gasteiger partial charge in [0.2, 0.25) is 6.19 Å². The van der Waals surface area contributed by atoms with Crippen molar-refractivity contribution in [1.82, 2.24) is 15.1 Å². The van der Waals surface area contributed by atoms with Crippen molar-refractivity contribution >= 4 is 5.91 Å². The summed E-state index contributed by atoms with van der Waals surface area (Å²) in [5.74, 6) is -0.213. The van der Waals surface area contributed by atoms with Crippen LogP contribution in [-0.4, -0.2) is 22.2 Å². The maximum absolute atomic E-state index is 11.2. The Labute approximate surface area is 68.6 Å². The van der Waals surface area contributed by atoms with Crippen LogP contribution >= 0.6 is 0 Å². The zero-order chi connectivity index (χ0) is 8.55. The molecule has 1 aliphatic rings. The Morgan fingerprint density at radius 3 is 3.33 bits per heavy atom. The predicted molar refractivity (Wildman–Crippen MR) is 39.3 cm³/mol. The standard InChI is InChI=1S/C7H6N4O/c8-4-11-6-5(3-10-11)1-2-9-7(6)12/h3H,1-2H2,(H,9,12). The van der Waals surface area contributed by atoms with Crippen LogP contribution < -0.4 is 5.32 Å². The maximum atomic E-state index is 11.2. The van der Waals surface area contributed by atoms with E-state index in [1.165, 1.54) is 0 Å². The van der Waals surface area contributed by atoms with Gasteiger partial charge in [-0.3, -0.25) is 4.79 Å². The normalized spacial score (nSPS) is 14.8. The third-order valence-electron chi connectivity index (χ3n) is 1.83. The highest BCUT2D eigenvalue weighted by atomic mass is 16.2. The zero-order valence-corrected chi connectivity index (χ0v) is 6.24. The molecule has 1 aromatic rings. The fourth-order valence-electron chi connectivity index (χ4n) is 1.28. The molecular weight excluding hydrogens is 156 g/mol. The van der Waals surface area contributed by atoms with Gasteiger partial charge in [0.1, 0.15) is 5.69 Å². The number of nitrogens with one attached hydrogen (secondary N) is 1. The molecule has 5 heteroatoms. The molecular formula is C7H6N4O. The Kier molecular flexibility index (Phi) is 1.34. The van der Waals surface area contributed by atoms with Crippen LogP contribution in [0.15, 0.2) is 6.20 Å². The first-order chi connectivity index (χ1) is 5.83. The van der Waals surface area contributed by atoms with Crippen molar-refractivity contribution in [3.63, 3.8) is 0 Å². The molecule has 1 N–H and O–H groups in total. The summed E-state index contributed by atoms with van der Waals surface area (Å²) < 4.78 is 1.05. The average Bonchev–Trinajstić information content (AvgIpc) is 2.49. The van der Waals surface area contributed by atoms with E-state index in [1.54, 1.807) is 6.20 Å². The lowest BCUT2D eigenvalue weighted by atomic mass is 10.1. The number of amides is 1. The first kappa shape index (κ1) is 6.85. The smallest absolute Gasteiger partial charge is 0.271 e. The summed E-state index contributed by atoms with van der Waals surface area (Å²) in [6.45, 7) is 0.628. The first-order valence-electron chi connectivity index (χ1n) is 3.58. The van der Waals surface area contributed by atoms with E-state index in [1.807, 2.05) is 6.19 Å². The van der Waals surface area contributed by atoms with Gasteiger partial charge in [0.15, 0.2) is 0 Å². The summed E-state index contributed by atoms with van der Waals surface area (Å²) in [7, 11) is 0. The Morgan fingerprint density at radius 2 is 2.58 bits per heavy atom. The van der Waals surface area contributed by atoms with E-state index in [0.717, 1.165) is 16.7 Å². The summed E-state index contributed by atoms with van der Waals surface area (Å²) in [6, 6.07) is 0. The molecule has 0 atom stereocenters. The highest BCUT2D eigenvalue weighted by Crippen LogP contribution is 2.11. The fraction of sp³-hybridized carbons (Fsp3) is 0.286. The lowest BCUT2D eigenvalue weighted by Gasteiger charge is -2.11. The van der Waals surface area contributed by atoms with Crippen molar-refractivity contribution in [3.8, 4) is 6.19 Å². The summed E-state index contributed by atoms with van der Waals surface area (Å²) in [6.07, 6.45) is 4.13. The molecule has 1 amide bonds. The van der Waals surface area contributed by atoms with E-state index in [4.69, 9.17) is 5.26 Å². The van der Waals surface area contributed by atoms with Gasteiger partial charge in [-0.2, -0.15) is 15.0 Å². The van der Waals surface area contributed by atoms with E-state index in [2.05, 4.69) is 10.4 Å². The average molecular weight is 162 g/mol. The minimum atomic E-state index is -0.213. The molecule has 2 heterocycles. The van der Waals surface area contributed by atoms with E-state index >= 15 is 0 Å². The van der Waals surface area contributed by atoms with Gasteiger partial charge in [-0.05, 0) is 6.42 Å². The number of carbonyl (C=O) groups is 1. The number of hydrogen-bond donors (Lipinski definition) is 1. The molecule has 0 unspecified atom stereocenters. The zero-order valence-electron chi connectivity index (χ0n) is 6.24. The third kappa shape index (κ3) is 0.782. The van der Waals surface area contributed by atoms with Gasteiger partial charge in [-0.15, -0.1) is 0 Å². The number of nitrogens with zero attached hydrogens (tertiary/aromatic N) is 3. The topological polar surface area (TPSA) is 70.7 Å². The largest absolute Gasteiger partial charge is 0.350 e. The van der Waals surface area contributed by atoms with Crippen molar-refractivity contribution < 1.29 is 4.79 Å². The molecule has 1 aromatic heterocycles. The lowest BCUT2D eigenvalue weighted by Crippen LogP contribution is -2.32. The molecule has 5 nitrogen and oxygen atoms in total. The molecule has 1 aliphatic heterocycles. The molecule has 0 saturated carbocycles. The summed E-state index contributed by atoms with van der Waals surface area (Å²) >= 11 is 0. The SMILES string of the molecule is N#Cn1ncc2c1C(=O)NCC2. The number of nitriles is 1. The first-order valence-corrected chi connectivity index (χ1v) is 3.58. The highest BCUT2D eigenvalue weighted by molar-refractivity contribution is 5.95. The number of aromatic nitrogens is 2. The minimum absolute atomic E-state index is 0.213. The molecule has 2 rings (SSSR count). The Morgan fingerprint density at radius 1 is 1.75 bits per heavy atom. The fourth-order valence-corrected chi connectivity index (χ4v) is 1.28. The van der Waals surface area contributed by atoms with Crippen molar-refractivity contribution in [2.45, 2.75) is 6.42 Å². The Hall–Kier alpha value is -1.83. The second-order valence-electron chi connectivity index (χ2n) is 2.54. The van der Waals surface area contributed by atoms with Crippen molar-refractivity contribution in [2.24, 2.45) is 0 Å².